The fraction of sp³-hybridized carbons (Fsp3) is 0.588. The maximum Gasteiger partial charge on any atom is 0.173 e. The van der Waals surface area contributed by atoms with E-state index in [1.807, 2.05) is 0 Å². The Labute approximate surface area is 135 Å². The molecule has 0 aliphatic rings. The molecule has 0 heterocycles. The molecular formula is C17H29N3S. The first kappa shape index (κ1) is 17.9. The predicted molar refractivity (Wildman–Crippen MR) is 97.1 cm³/mol. The average molecular weight is 308 g/mol. The summed E-state index contributed by atoms with van der Waals surface area (Å²) in [6.45, 7) is 11.6. The Kier molecular flexibility index (Phi) is 7.12. The molecule has 0 radical (unpaired) electrons. The molecule has 0 atom stereocenters. The molecule has 0 saturated heterocycles. The van der Waals surface area contributed by atoms with Crippen molar-refractivity contribution in [1.29, 1.82) is 0 Å². The van der Waals surface area contributed by atoms with E-state index in [1.54, 1.807) is 0 Å². The Morgan fingerprint density at radius 2 is 1.86 bits per heavy atom. The fourth-order valence-electron chi connectivity index (χ4n) is 2.19. The maximum atomic E-state index is 5.62. The number of thiocarbonyl (C=S) groups is 1. The molecule has 118 valence electrons. The molecule has 0 saturated carbocycles. The Morgan fingerprint density at radius 1 is 1.19 bits per heavy atom. The molecular weight excluding hydrogens is 278 g/mol. The van der Waals surface area contributed by atoms with Crippen LogP contribution in [0.5, 0.6) is 0 Å². The van der Waals surface area contributed by atoms with Crippen LogP contribution in [0.3, 0.4) is 0 Å². The minimum absolute atomic E-state index is 0.589. The molecule has 0 aromatic heterocycles. The number of rotatable bonds is 6. The number of aryl methyl sites for hydroxylation is 2. The van der Waals surface area contributed by atoms with Gasteiger partial charge in [0.2, 0.25) is 0 Å². The normalized spacial score (nSPS) is 11.0. The highest BCUT2D eigenvalue weighted by Crippen LogP contribution is 2.17. The Hall–Kier alpha value is -1.13. The first-order valence-corrected chi connectivity index (χ1v) is 7.98. The highest BCUT2D eigenvalue weighted by molar-refractivity contribution is 7.80. The fourth-order valence-corrected chi connectivity index (χ4v) is 2.46. The highest BCUT2D eigenvalue weighted by Gasteiger charge is 2.12. The minimum atomic E-state index is 0.589. The van der Waals surface area contributed by atoms with Crippen LogP contribution in [0.25, 0.3) is 0 Å². The largest absolute Gasteiger partial charge is 0.347 e. The summed E-state index contributed by atoms with van der Waals surface area (Å²) in [6, 6.07) is 6.40. The molecule has 4 heteroatoms. The molecule has 21 heavy (non-hydrogen) atoms. The first-order chi connectivity index (χ1) is 9.79. The molecule has 1 rings (SSSR count). The SMILES string of the molecule is Cc1ccc(NC(=S)N(CCN(C)C)CC(C)C)c(C)c1. The predicted octanol–water partition coefficient (Wildman–Crippen LogP) is 3.52. The van der Waals surface area contributed by atoms with Crippen LogP contribution in [-0.2, 0) is 0 Å². The van der Waals surface area contributed by atoms with Crippen LogP contribution in [0.4, 0.5) is 5.69 Å². The van der Waals surface area contributed by atoms with Gasteiger partial charge in [0.15, 0.2) is 5.11 Å². The minimum Gasteiger partial charge on any atom is -0.347 e. The molecule has 0 spiro atoms. The van der Waals surface area contributed by atoms with E-state index in [-0.39, 0.29) is 0 Å². The molecule has 0 bridgehead atoms. The Balaban J connectivity index is 2.74. The van der Waals surface area contributed by atoms with Gasteiger partial charge in [0.05, 0.1) is 0 Å². The summed E-state index contributed by atoms with van der Waals surface area (Å²) < 4.78 is 0. The van der Waals surface area contributed by atoms with Crippen molar-refractivity contribution in [3.8, 4) is 0 Å². The van der Waals surface area contributed by atoms with Gasteiger partial charge in [-0.2, -0.15) is 0 Å². The number of likely N-dealkylation sites (N-methyl/N-ethyl adjacent to an activating group) is 1. The summed E-state index contributed by atoms with van der Waals surface area (Å²) in [5, 5.41) is 4.22. The van der Waals surface area contributed by atoms with Gasteiger partial charge in [-0.15, -0.1) is 0 Å². The number of hydrogen-bond acceptors (Lipinski definition) is 2. The summed E-state index contributed by atoms with van der Waals surface area (Å²) in [4.78, 5) is 4.45. The zero-order valence-electron chi connectivity index (χ0n) is 14.2. The zero-order chi connectivity index (χ0) is 16.0. The lowest BCUT2D eigenvalue weighted by Gasteiger charge is -2.29. The number of benzene rings is 1. The summed E-state index contributed by atoms with van der Waals surface area (Å²) in [6.07, 6.45) is 0. The molecule has 1 aromatic carbocycles. The molecule has 0 fully saturated rings. The molecule has 1 aromatic rings. The van der Waals surface area contributed by atoms with Gasteiger partial charge in [0.25, 0.3) is 0 Å². The topological polar surface area (TPSA) is 18.5 Å². The van der Waals surface area contributed by atoms with Gasteiger partial charge in [-0.1, -0.05) is 31.5 Å². The van der Waals surface area contributed by atoms with Gasteiger partial charge in [0.1, 0.15) is 0 Å². The van der Waals surface area contributed by atoms with Gasteiger partial charge < -0.3 is 15.1 Å². The van der Waals surface area contributed by atoms with Crippen LogP contribution in [0.2, 0.25) is 0 Å². The summed E-state index contributed by atoms with van der Waals surface area (Å²) in [7, 11) is 4.18. The zero-order valence-corrected chi connectivity index (χ0v) is 15.0. The van der Waals surface area contributed by atoms with E-state index in [4.69, 9.17) is 12.2 Å². The third-order valence-corrected chi connectivity index (χ3v) is 3.67. The van der Waals surface area contributed by atoms with Gasteiger partial charge >= 0.3 is 0 Å². The van der Waals surface area contributed by atoms with Crippen molar-refractivity contribution in [2.45, 2.75) is 27.7 Å². The van der Waals surface area contributed by atoms with E-state index in [9.17, 15) is 0 Å². The van der Waals surface area contributed by atoms with Crippen molar-refractivity contribution in [1.82, 2.24) is 9.80 Å². The quantitative estimate of drug-likeness (QED) is 0.810. The monoisotopic (exact) mass is 307 g/mol. The van der Waals surface area contributed by atoms with Crippen molar-refractivity contribution >= 4 is 23.0 Å². The Morgan fingerprint density at radius 3 is 2.38 bits per heavy atom. The summed E-state index contributed by atoms with van der Waals surface area (Å²) in [5.74, 6) is 0.589. The second kappa shape index (κ2) is 8.35. The van der Waals surface area contributed by atoms with Gasteiger partial charge in [-0.05, 0) is 57.7 Å². The van der Waals surface area contributed by atoms with Crippen molar-refractivity contribution in [2.24, 2.45) is 5.92 Å². The number of nitrogens with zero attached hydrogens (tertiary/aromatic N) is 2. The van der Waals surface area contributed by atoms with Crippen molar-refractivity contribution in [3.05, 3.63) is 29.3 Å². The lowest BCUT2D eigenvalue weighted by molar-refractivity contribution is 0.310. The molecule has 0 aliphatic carbocycles. The van der Waals surface area contributed by atoms with E-state index in [1.165, 1.54) is 11.1 Å². The number of nitrogens with one attached hydrogen (secondary N) is 1. The van der Waals surface area contributed by atoms with Crippen molar-refractivity contribution < 1.29 is 0 Å². The molecule has 3 nitrogen and oxygen atoms in total. The van der Waals surface area contributed by atoms with E-state index >= 15 is 0 Å². The molecule has 0 unspecified atom stereocenters. The molecule has 0 amide bonds. The average Bonchev–Trinajstić information content (AvgIpc) is 2.37. The first-order valence-electron chi connectivity index (χ1n) is 7.57. The number of hydrogen-bond donors (Lipinski definition) is 1. The summed E-state index contributed by atoms with van der Waals surface area (Å²) >= 11 is 5.62. The lowest BCUT2D eigenvalue weighted by Crippen LogP contribution is -2.41. The van der Waals surface area contributed by atoms with E-state index < -0.39 is 0 Å². The van der Waals surface area contributed by atoms with E-state index in [0.717, 1.165) is 30.4 Å². The smallest absolute Gasteiger partial charge is 0.173 e. The summed E-state index contributed by atoms with van der Waals surface area (Å²) in [5.41, 5.74) is 3.61. The Bertz CT molecular complexity index is 469. The van der Waals surface area contributed by atoms with Crippen molar-refractivity contribution in [3.63, 3.8) is 0 Å². The molecule has 0 aliphatic heterocycles. The maximum absolute atomic E-state index is 5.62. The van der Waals surface area contributed by atoms with Crippen LogP contribution in [0.1, 0.15) is 25.0 Å². The van der Waals surface area contributed by atoms with E-state index in [0.29, 0.717) is 5.92 Å². The van der Waals surface area contributed by atoms with Crippen LogP contribution >= 0.6 is 12.2 Å². The van der Waals surface area contributed by atoms with Gasteiger partial charge in [-0.25, -0.2) is 0 Å². The van der Waals surface area contributed by atoms with Crippen LogP contribution in [-0.4, -0.2) is 48.6 Å². The van der Waals surface area contributed by atoms with Crippen LogP contribution in [0, 0.1) is 19.8 Å². The highest BCUT2D eigenvalue weighted by atomic mass is 32.1. The second-order valence-electron chi connectivity index (χ2n) is 6.39. The van der Waals surface area contributed by atoms with Crippen molar-refractivity contribution in [2.75, 3.05) is 39.0 Å². The third kappa shape index (κ3) is 6.44. The van der Waals surface area contributed by atoms with Gasteiger partial charge in [-0.3, -0.25) is 0 Å². The van der Waals surface area contributed by atoms with Gasteiger partial charge in [0, 0.05) is 25.3 Å². The standard InChI is InChI=1S/C17H29N3S/c1-13(2)12-20(10-9-19(5)6)17(21)18-16-8-7-14(3)11-15(16)4/h7-8,11,13H,9-10,12H2,1-6H3,(H,18,21). The van der Waals surface area contributed by atoms with Crippen LogP contribution in [0.15, 0.2) is 18.2 Å². The number of anilines is 1. The molecule has 1 N–H and O–H groups in total. The third-order valence-electron chi connectivity index (χ3n) is 3.31. The van der Waals surface area contributed by atoms with Crippen LogP contribution < -0.4 is 5.32 Å². The second-order valence-corrected chi connectivity index (χ2v) is 6.78. The lowest BCUT2D eigenvalue weighted by atomic mass is 10.1. The van der Waals surface area contributed by atoms with E-state index in [2.05, 4.69) is 75.1 Å².